The van der Waals surface area contributed by atoms with Gasteiger partial charge in [-0.1, -0.05) is 17.7 Å². The molecule has 0 unspecified atom stereocenters. The summed E-state index contributed by atoms with van der Waals surface area (Å²) in [6.45, 7) is 1.96. The first-order valence-electron chi connectivity index (χ1n) is 8.69. The molecule has 0 saturated carbocycles. The minimum absolute atomic E-state index is 0.120. The fourth-order valence-corrected chi connectivity index (χ4v) is 4.09. The normalized spacial score (nSPS) is 11.0. The van der Waals surface area contributed by atoms with Crippen molar-refractivity contribution in [1.29, 1.82) is 0 Å². The van der Waals surface area contributed by atoms with Crippen molar-refractivity contribution < 1.29 is 9.53 Å². The zero-order valence-corrected chi connectivity index (χ0v) is 17.0. The standard InChI is InChI=1S/C21H18ClN3O2S/c1-13-3-8-18(17(22)9-13)23-20(26)10-15-12-28-21-24-19(11-25(15)21)14-4-6-16(27-2)7-5-14/h3-9,11-12H,10H2,1-2H3,(H,23,26). The lowest BCUT2D eigenvalue weighted by atomic mass is 10.2. The van der Waals surface area contributed by atoms with Crippen molar-refractivity contribution in [3.63, 3.8) is 0 Å². The number of carbonyl (C=O) groups is 1. The van der Waals surface area contributed by atoms with E-state index in [9.17, 15) is 4.79 Å². The van der Waals surface area contributed by atoms with E-state index in [2.05, 4.69) is 10.3 Å². The van der Waals surface area contributed by atoms with E-state index in [0.717, 1.165) is 33.2 Å². The average molecular weight is 412 g/mol. The third kappa shape index (κ3) is 3.74. The van der Waals surface area contributed by atoms with Gasteiger partial charge in [0.05, 0.1) is 29.9 Å². The summed E-state index contributed by atoms with van der Waals surface area (Å²) in [5.74, 6) is 0.682. The van der Waals surface area contributed by atoms with Gasteiger partial charge >= 0.3 is 0 Å². The largest absolute Gasteiger partial charge is 0.497 e. The number of hydrogen-bond donors (Lipinski definition) is 1. The molecule has 0 atom stereocenters. The smallest absolute Gasteiger partial charge is 0.230 e. The molecule has 7 heteroatoms. The molecule has 142 valence electrons. The molecule has 0 saturated heterocycles. The van der Waals surface area contributed by atoms with Crippen LogP contribution in [-0.2, 0) is 11.2 Å². The number of imidazole rings is 1. The van der Waals surface area contributed by atoms with Crippen LogP contribution < -0.4 is 10.1 Å². The molecule has 2 heterocycles. The number of ether oxygens (including phenoxy) is 1. The van der Waals surface area contributed by atoms with E-state index in [-0.39, 0.29) is 12.3 Å². The van der Waals surface area contributed by atoms with Gasteiger partial charge in [0.2, 0.25) is 5.91 Å². The van der Waals surface area contributed by atoms with Gasteiger partial charge in [0.15, 0.2) is 4.96 Å². The highest BCUT2D eigenvalue weighted by Gasteiger charge is 2.14. The number of fused-ring (bicyclic) bond motifs is 1. The molecular formula is C21H18ClN3O2S. The van der Waals surface area contributed by atoms with Crippen LogP contribution in [0.1, 0.15) is 11.3 Å². The molecule has 0 aliphatic rings. The molecule has 0 bridgehead atoms. The molecule has 2 aromatic heterocycles. The highest BCUT2D eigenvalue weighted by molar-refractivity contribution is 7.15. The van der Waals surface area contributed by atoms with Crippen molar-refractivity contribution in [1.82, 2.24) is 9.38 Å². The topological polar surface area (TPSA) is 55.6 Å². The number of carbonyl (C=O) groups excluding carboxylic acids is 1. The van der Waals surface area contributed by atoms with E-state index >= 15 is 0 Å². The van der Waals surface area contributed by atoms with Crippen LogP contribution in [0.25, 0.3) is 16.2 Å². The molecule has 0 radical (unpaired) electrons. The Morgan fingerprint density at radius 1 is 1.25 bits per heavy atom. The van der Waals surface area contributed by atoms with Crippen LogP contribution in [0, 0.1) is 6.92 Å². The van der Waals surface area contributed by atoms with Gasteiger partial charge in [-0.15, -0.1) is 11.3 Å². The summed E-state index contributed by atoms with van der Waals surface area (Å²) < 4.78 is 7.16. The maximum absolute atomic E-state index is 12.5. The van der Waals surface area contributed by atoms with Gasteiger partial charge < -0.3 is 10.1 Å². The van der Waals surface area contributed by atoms with E-state index in [0.29, 0.717) is 10.7 Å². The first-order valence-corrected chi connectivity index (χ1v) is 9.95. The number of rotatable bonds is 5. The summed E-state index contributed by atoms with van der Waals surface area (Å²) in [7, 11) is 1.64. The molecule has 0 fully saturated rings. The lowest BCUT2D eigenvalue weighted by molar-refractivity contribution is -0.115. The van der Waals surface area contributed by atoms with Crippen molar-refractivity contribution in [2.45, 2.75) is 13.3 Å². The van der Waals surface area contributed by atoms with Gasteiger partial charge in [-0.05, 0) is 48.9 Å². The van der Waals surface area contributed by atoms with Gasteiger partial charge in [-0.3, -0.25) is 9.20 Å². The van der Waals surface area contributed by atoms with Gasteiger partial charge in [-0.25, -0.2) is 4.98 Å². The maximum atomic E-state index is 12.5. The Morgan fingerprint density at radius 3 is 2.75 bits per heavy atom. The number of anilines is 1. The van der Waals surface area contributed by atoms with E-state index in [1.165, 1.54) is 11.3 Å². The third-order valence-corrected chi connectivity index (χ3v) is 5.61. The number of nitrogens with one attached hydrogen (secondary N) is 1. The Hall–Kier alpha value is -2.83. The molecule has 4 aromatic rings. The number of nitrogens with zero attached hydrogens (tertiary/aromatic N) is 2. The second-order valence-electron chi connectivity index (χ2n) is 6.44. The number of halogens is 1. The number of methoxy groups -OCH3 is 1. The van der Waals surface area contributed by atoms with Crippen molar-refractivity contribution >= 4 is 39.5 Å². The maximum Gasteiger partial charge on any atom is 0.230 e. The lowest BCUT2D eigenvalue weighted by Gasteiger charge is -2.07. The quantitative estimate of drug-likeness (QED) is 0.490. The zero-order chi connectivity index (χ0) is 19.7. The minimum Gasteiger partial charge on any atom is -0.497 e. The zero-order valence-electron chi connectivity index (χ0n) is 15.4. The number of thiazole rings is 1. The van der Waals surface area contributed by atoms with Crippen molar-refractivity contribution in [2.24, 2.45) is 0 Å². The third-order valence-electron chi connectivity index (χ3n) is 4.41. The summed E-state index contributed by atoms with van der Waals surface area (Å²) in [5.41, 5.74) is 4.41. The summed E-state index contributed by atoms with van der Waals surface area (Å²) in [6, 6.07) is 13.3. The second-order valence-corrected chi connectivity index (χ2v) is 7.69. The summed E-state index contributed by atoms with van der Waals surface area (Å²) in [5, 5.41) is 5.37. The van der Waals surface area contributed by atoms with Crippen LogP contribution in [-0.4, -0.2) is 22.4 Å². The first-order chi connectivity index (χ1) is 13.5. The Labute approximate surface area is 171 Å². The summed E-state index contributed by atoms with van der Waals surface area (Å²) in [6.07, 6.45) is 2.19. The fourth-order valence-electron chi connectivity index (χ4n) is 2.94. The van der Waals surface area contributed by atoms with Crippen LogP contribution in [0.4, 0.5) is 5.69 Å². The second kappa shape index (κ2) is 7.66. The first kappa shape index (κ1) is 18.5. The molecule has 1 N–H and O–H groups in total. The molecule has 0 aliphatic carbocycles. The summed E-state index contributed by atoms with van der Waals surface area (Å²) >= 11 is 7.72. The molecular weight excluding hydrogens is 394 g/mol. The molecule has 4 rings (SSSR count). The average Bonchev–Trinajstić information content (AvgIpc) is 3.26. The molecule has 0 spiro atoms. The van der Waals surface area contributed by atoms with E-state index in [1.54, 1.807) is 7.11 Å². The SMILES string of the molecule is COc1ccc(-c2cn3c(CC(=O)Nc4ccc(C)cc4Cl)csc3n2)cc1. The van der Waals surface area contributed by atoms with Crippen LogP contribution in [0.5, 0.6) is 5.75 Å². The van der Waals surface area contributed by atoms with E-state index < -0.39 is 0 Å². The minimum atomic E-state index is -0.120. The van der Waals surface area contributed by atoms with Crippen LogP contribution in [0.15, 0.2) is 54.0 Å². The van der Waals surface area contributed by atoms with Gasteiger partial charge in [0, 0.05) is 22.8 Å². The highest BCUT2D eigenvalue weighted by atomic mass is 35.5. The van der Waals surface area contributed by atoms with Crippen LogP contribution in [0.2, 0.25) is 5.02 Å². The Balaban J connectivity index is 1.54. The number of aromatic nitrogens is 2. The lowest BCUT2D eigenvalue weighted by Crippen LogP contribution is -2.15. The summed E-state index contributed by atoms with van der Waals surface area (Å²) in [4.78, 5) is 18.0. The predicted molar refractivity (Wildman–Crippen MR) is 114 cm³/mol. The van der Waals surface area contributed by atoms with Gasteiger partial charge in [0.25, 0.3) is 0 Å². The van der Waals surface area contributed by atoms with E-state index in [4.69, 9.17) is 16.3 Å². The number of amides is 1. The molecule has 28 heavy (non-hydrogen) atoms. The Bertz CT molecular complexity index is 1150. The van der Waals surface area contributed by atoms with Crippen molar-refractivity contribution in [2.75, 3.05) is 12.4 Å². The predicted octanol–water partition coefficient (Wildman–Crippen LogP) is 5.21. The van der Waals surface area contributed by atoms with Gasteiger partial charge in [0.1, 0.15) is 5.75 Å². The Kier molecular flexibility index (Phi) is 5.07. The molecule has 0 aliphatic heterocycles. The highest BCUT2D eigenvalue weighted by Crippen LogP contribution is 2.26. The molecule has 2 aromatic carbocycles. The Morgan fingerprint density at radius 2 is 2.04 bits per heavy atom. The molecule has 5 nitrogen and oxygen atoms in total. The fraction of sp³-hybridized carbons (Fsp3) is 0.143. The van der Waals surface area contributed by atoms with Crippen LogP contribution >= 0.6 is 22.9 Å². The number of benzene rings is 2. The van der Waals surface area contributed by atoms with E-state index in [1.807, 2.05) is 65.4 Å². The number of aryl methyl sites for hydroxylation is 1. The van der Waals surface area contributed by atoms with Crippen molar-refractivity contribution in [3.8, 4) is 17.0 Å². The number of hydrogen-bond acceptors (Lipinski definition) is 4. The van der Waals surface area contributed by atoms with Crippen LogP contribution in [0.3, 0.4) is 0 Å². The monoisotopic (exact) mass is 411 g/mol. The van der Waals surface area contributed by atoms with Gasteiger partial charge in [-0.2, -0.15) is 0 Å². The van der Waals surface area contributed by atoms with Crippen molar-refractivity contribution in [3.05, 3.63) is 70.3 Å². The molecule has 1 amide bonds.